The van der Waals surface area contributed by atoms with Crippen LogP contribution in [-0.4, -0.2) is 61.9 Å². The molecule has 0 aromatic carbocycles. The monoisotopic (exact) mass is 338 g/mol. The number of aromatic nitrogens is 5. The lowest BCUT2D eigenvalue weighted by Gasteiger charge is -2.23. The van der Waals surface area contributed by atoms with Gasteiger partial charge in [-0.15, -0.1) is 5.10 Å². The van der Waals surface area contributed by atoms with E-state index in [1.165, 1.54) is 0 Å². The van der Waals surface area contributed by atoms with Crippen LogP contribution in [0.15, 0.2) is 42.9 Å². The SMILES string of the molecule is O=C(c1cccnn1)N1CCOC[C@@H](Cc2ccc3nccn3n2)C1. The molecule has 1 aliphatic heterocycles. The summed E-state index contributed by atoms with van der Waals surface area (Å²) in [5.74, 6) is 0.0678. The summed E-state index contributed by atoms with van der Waals surface area (Å²) in [6, 6.07) is 7.32. The highest BCUT2D eigenvalue weighted by Gasteiger charge is 2.25. The number of rotatable bonds is 3. The molecule has 128 valence electrons. The van der Waals surface area contributed by atoms with Gasteiger partial charge in [-0.1, -0.05) is 0 Å². The number of imidazole rings is 1. The summed E-state index contributed by atoms with van der Waals surface area (Å²) in [7, 11) is 0. The highest BCUT2D eigenvalue weighted by atomic mass is 16.5. The van der Waals surface area contributed by atoms with Crippen molar-refractivity contribution in [1.29, 1.82) is 0 Å². The van der Waals surface area contributed by atoms with Crippen LogP contribution >= 0.6 is 0 Å². The summed E-state index contributed by atoms with van der Waals surface area (Å²) in [6.45, 7) is 2.29. The van der Waals surface area contributed by atoms with Crippen LogP contribution in [0, 0.1) is 5.92 Å². The molecule has 8 nitrogen and oxygen atoms in total. The molecule has 1 saturated heterocycles. The molecule has 25 heavy (non-hydrogen) atoms. The maximum atomic E-state index is 12.6. The molecule has 8 heteroatoms. The number of carbonyl (C=O) groups excluding carboxylic acids is 1. The highest BCUT2D eigenvalue weighted by molar-refractivity contribution is 5.92. The lowest BCUT2D eigenvalue weighted by Crippen LogP contribution is -2.37. The minimum Gasteiger partial charge on any atom is -0.379 e. The van der Waals surface area contributed by atoms with Gasteiger partial charge in [0.1, 0.15) is 0 Å². The zero-order chi connectivity index (χ0) is 17.1. The Kier molecular flexibility index (Phi) is 4.34. The lowest BCUT2D eigenvalue weighted by atomic mass is 10.0. The third-order valence-electron chi connectivity index (χ3n) is 4.22. The van der Waals surface area contributed by atoms with Gasteiger partial charge in [-0.3, -0.25) is 4.79 Å². The van der Waals surface area contributed by atoms with Gasteiger partial charge in [-0.2, -0.15) is 10.2 Å². The lowest BCUT2D eigenvalue weighted by molar-refractivity contribution is 0.0730. The second-order valence-corrected chi connectivity index (χ2v) is 6.06. The van der Waals surface area contributed by atoms with Gasteiger partial charge in [0, 0.05) is 37.6 Å². The standard InChI is InChI=1S/C17H18N6O2/c24-17(15-2-1-5-19-20-15)22-8-9-25-12-13(11-22)10-14-3-4-16-18-6-7-23(16)21-14/h1-7,13H,8-12H2/t13-/m0/s1. The molecule has 0 aliphatic carbocycles. The van der Waals surface area contributed by atoms with E-state index in [0.717, 1.165) is 17.8 Å². The molecule has 0 spiro atoms. The Morgan fingerprint density at radius 3 is 3.12 bits per heavy atom. The minimum absolute atomic E-state index is 0.110. The van der Waals surface area contributed by atoms with Gasteiger partial charge in [0.2, 0.25) is 0 Å². The van der Waals surface area contributed by atoms with E-state index in [0.29, 0.717) is 32.0 Å². The van der Waals surface area contributed by atoms with E-state index in [2.05, 4.69) is 20.3 Å². The number of fused-ring (bicyclic) bond motifs is 1. The molecule has 0 N–H and O–H groups in total. The molecule has 1 aliphatic rings. The van der Waals surface area contributed by atoms with E-state index in [4.69, 9.17) is 4.74 Å². The zero-order valence-corrected chi connectivity index (χ0v) is 13.7. The third-order valence-corrected chi connectivity index (χ3v) is 4.22. The molecule has 1 amide bonds. The molecule has 0 radical (unpaired) electrons. The van der Waals surface area contributed by atoms with Gasteiger partial charge in [0.15, 0.2) is 11.3 Å². The van der Waals surface area contributed by atoms with E-state index in [1.807, 2.05) is 18.3 Å². The first-order valence-electron chi connectivity index (χ1n) is 8.23. The molecule has 1 fully saturated rings. The number of carbonyl (C=O) groups is 1. The Hall–Kier alpha value is -2.87. The van der Waals surface area contributed by atoms with Crippen LogP contribution in [0.4, 0.5) is 0 Å². The third kappa shape index (κ3) is 3.48. The van der Waals surface area contributed by atoms with Crippen molar-refractivity contribution in [3.8, 4) is 0 Å². The zero-order valence-electron chi connectivity index (χ0n) is 13.7. The van der Waals surface area contributed by atoms with E-state index in [-0.39, 0.29) is 11.8 Å². The predicted octanol–water partition coefficient (Wildman–Crippen LogP) is 0.851. The van der Waals surface area contributed by atoms with Crippen molar-refractivity contribution in [2.75, 3.05) is 26.3 Å². The normalized spacial score (nSPS) is 18.2. The van der Waals surface area contributed by atoms with Gasteiger partial charge in [-0.25, -0.2) is 9.50 Å². The van der Waals surface area contributed by atoms with Crippen LogP contribution in [0.2, 0.25) is 0 Å². The summed E-state index contributed by atoms with van der Waals surface area (Å²) >= 11 is 0. The van der Waals surface area contributed by atoms with E-state index < -0.39 is 0 Å². The van der Waals surface area contributed by atoms with Crippen LogP contribution < -0.4 is 0 Å². The largest absolute Gasteiger partial charge is 0.379 e. The average Bonchev–Trinajstić information content (AvgIpc) is 2.99. The first-order chi connectivity index (χ1) is 12.3. The first-order valence-corrected chi connectivity index (χ1v) is 8.23. The number of ether oxygens (including phenoxy) is 1. The average molecular weight is 338 g/mol. The highest BCUT2D eigenvalue weighted by Crippen LogP contribution is 2.15. The van der Waals surface area contributed by atoms with Crippen LogP contribution in [0.25, 0.3) is 5.65 Å². The molecule has 0 bridgehead atoms. The van der Waals surface area contributed by atoms with Crippen LogP contribution in [0.5, 0.6) is 0 Å². The second-order valence-electron chi connectivity index (χ2n) is 6.06. The molecule has 4 rings (SSSR count). The van der Waals surface area contributed by atoms with E-state index >= 15 is 0 Å². The summed E-state index contributed by atoms with van der Waals surface area (Å²) in [4.78, 5) is 18.6. The Balaban J connectivity index is 1.48. The number of amides is 1. The quantitative estimate of drug-likeness (QED) is 0.704. The fourth-order valence-electron chi connectivity index (χ4n) is 3.03. The second kappa shape index (κ2) is 6.94. The van der Waals surface area contributed by atoms with Crippen molar-refractivity contribution >= 4 is 11.6 Å². The van der Waals surface area contributed by atoms with Gasteiger partial charge in [0.05, 0.1) is 18.9 Å². The van der Waals surface area contributed by atoms with E-state index in [1.54, 1.807) is 33.9 Å². The van der Waals surface area contributed by atoms with Gasteiger partial charge < -0.3 is 9.64 Å². The van der Waals surface area contributed by atoms with Crippen molar-refractivity contribution in [3.63, 3.8) is 0 Å². The molecule has 1 atom stereocenters. The fraction of sp³-hybridized carbons (Fsp3) is 0.353. The maximum absolute atomic E-state index is 12.6. The molecular weight excluding hydrogens is 320 g/mol. The molecule has 0 unspecified atom stereocenters. The maximum Gasteiger partial charge on any atom is 0.274 e. The van der Waals surface area contributed by atoms with Crippen molar-refractivity contribution in [1.82, 2.24) is 29.7 Å². The minimum atomic E-state index is -0.110. The van der Waals surface area contributed by atoms with Gasteiger partial charge >= 0.3 is 0 Å². The number of hydrogen-bond donors (Lipinski definition) is 0. The summed E-state index contributed by atoms with van der Waals surface area (Å²) < 4.78 is 7.45. The Morgan fingerprint density at radius 2 is 2.24 bits per heavy atom. The molecule has 3 aromatic rings. The van der Waals surface area contributed by atoms with Crippen molar-refractivity contribution < 1.29 is 9.53 Å². The van der Waals surface area contributed by atoms with E-state index in [9.17, 15) is 4.79 Å². The van der Waals surface area contributed by atoms with Crippen LogP contribution in [0.3, 0.4) is 0 Å². The van der Waals surface area contributed by atoms with Crippen molar-refractivity contribution in [2.45, 2.75) is 6.42 Å². The van der Waals surface area contributed by atoms with Crippen molar-refractivity contribution in [3.05, 3.63) is 54.2 Å². The smallest absolute Gasteiger partial charge is 0.274 e. The first kappa shape index (κ1) is 15.6. The summed E-state index contributed by atoms with van der Waals surface area (Å²) in [6.07, 6.45) is 5.84. The summed E-state index contributed by atoms with van der Waals surface area (Å²) in [5, 5.41) is 12.3. The molecule has 3 aromatic heterocycles. The van der Waals surface area contributed by atoms with Crippen molar-refractivity contribution in [2.24, 2.45) is 5.92 Å². The Bertz CT molecular complexity index is 866. The molecule has 4 heterocycles. The number of hydrogen-bond acceptors (Lipinski definition) is 6. The Morgan fingerprint density at radius 1 is 1.28 bits per heavy atom. The van der Waals surface area contributed by atoms with Crippen LogP contribution in [0.1, 0.15) is 16.2 Å². The fourth-order valence-corrected chi connectivity index (χ4v) is 3.03. The van der Waals surface area contributed by atoms with Gasteiger partial charge in [-0.05, 0) is 30.7 Å². The predicted molar refractivity (Wildman–Crippen MR) is 88.9 cm³/mol. The summed E-state index contributed by atoms with van der Waals surface area (Å²) in [5.41, 5.74) is 2.13. The molecule has 0 saturated carbocycles. The topological polar surface area (TPSA) is 85.5 Å². The van der Waals surface area contributed by atoms with Gasteiger partial charge in [0.25, 0.3) is 5.91 Å². The number of nitrogens with zero attached hydrogens (tertiary/aromatic N) is 6. The Labute approximate surface area is 144 Å². The molecular formula is C17H18N6O2. The van der Waals surface area contributed by atoms with Crippen LogP contribution in [-0.2, 0) is 11.2 Å².